The first-order valence-electron chi connectivity index (χ1n) is 7.27. The minimum atomic E-state index is -0.491. The molecule has 0 aliphatic heterocycles. The van der Waals surface area contributed by atoms with Crippen molar-refractivity contribution in [3.8, 4) is 0 Å². The summed E-state index contributed by atoms with van der Waals surface area (Å²) in [6, 6.07) is 7.60. The number of halogens is 1. The van der Waals surface area contributed by atoms with Crippen molar-refractivity contribution in [1.29, 1.82) is 0 Å². The smallest absolute Gasteiger partial charge is 0.348 e. The van der Waals surface area contributed by atoms with Gasteiger partial charge in [0, 0.05) is 11.4 Å². The van der Waals surface area contributed by atoms with Gasteiger partial charge < -0.3 is 10.1 Å². The Morgan fingerprint density at radius 3 is 2.57 bits per heavy atom. The summed E-state index contributed by atoms with van der Waals surface area (Å²) < 4.78 is 17.8. The van der Waals surface area contributed by atoms with Crippen LogP contribution in [0.25, 0.3) is 0 Å². The molecular weight excluding hydrogens is 317 g/mol. The summed E-state index contributed by atoms with van der Waals surface area (Å²) >= 11 is 1.39. The van der Waals surface area contributed by atoms with Crippen molar-refractivity contribution >= 4 is 23.2 Å². The molecule has 1 amide bonds. The number of esters is 1. The highest BCUT2D eigenvalue weighted by Gasteiger charge is 2.14. The average molecular weight is 335 g/mol. The zero-order valence-corrected chi connectivity index (χ0v) is 13.8. The molecule has 122 valence electrons. The molecule has 4 nitrogen and oxygen atoms in total. The highest BCUT2D eigenvalue weighted by atomic mass is 32.1. The first-order valence-corrected chi connectivity index (χ1v) is 8.08. The second-order valence-electron chi connectivity index (χ2n) is 5.05. The Labute approximate surface area is 138 Å². The number of carbonyl (C=O) groups is 2. The van der Waals surface area contributed by atoms with Gasteiger partial charge in [0.05, 0.1) is 0 Å². The van der Waals surface area contributed by atoms with E-state index in [1.807, 2.05) is 13.8 Å². The van der Waals surface area contributed by atoms with E-state index in [1.165, 1.54) is 23.5 Å². The summed E-state index contributed by atoms with van der Waals surface area (Å²) in [6.07, 6.45) is 0.863. The van der Waals surface area contributed by atoms with Crippen LogP contribution in [0.4, 0.5) is 4.39 Å². The van der Waals surface area contributed by atoms with Crippen LogP contribution in [0.2, 0.25) is 0 Å². The molecule has 6 heteroatoms. The van der Waals surface area contributed by atoms with E-state index in [2.05, 4.69) is 5.32 Å². The van der Waals surface area contributed by atoms with Crippen molar-refractivity contribution in [2.75, 3.05) is 6.61 Å². The molecule has 2 aromatic rings. The Balaban J connectivity index is 1.79. The van der Waals surface area contributed by atoms with Crippen LogP contribution in [0.3, 0.4) is 0 Å². The molecule has 1 N–H and O–H groups in total. The second kappa shape index (κ2) is 7.87. The van der Waals surface area contributed by atoms with Crippen molar-refractivity contribution in [2.24, 2.45) is 0 Å². The maximum Gasteiger partial charge on any atom is 0.348 e. The van der Waals surface area contributed by atoms with Gasteiger partial charge in [-0.25, -0.2) is 9.18 Å². The predicted octanol–water partition coefficient (Wildman–Crippen LogP) is 3.23. The normalized spacial score (nSPS) is 10.4. The standard InChI is InChI=1S/C17H18FNO3S/c1-3-14-11(2)8-15(23-14)17(21)22-10-16(20)19-9-12-4-6-13(18)7-5-12/h4-8H,3,9-10H2,1-2H3,(H,19,20). The molecule has 0 radical (unpaired) electrons. The summed E-state index contributed by atoms with van der Waals surface area (Å²) in [5.74, 6) is -1.21. The minimum Gasteiger partial charge on any atom is -0.451 e. The number of carbonyl (C=O) groups excluding carboxylic acids is 2. The van der Waals surface area contributed by atoms with E-state index in [0.717, 1.165) is 22.4 Å². The Morgan fingerprint density at radius 1 is 1.26 bits per heavy atom. The average Bonchev–Trinajstić information content (AvgIpc) is 2.93. The van der Waals surface area contributed by atoms with Crippen LogP contribution in [0, 0.1) is 12.7 Å². The van der Waals surface area contributed by atoms with E-state index in [0.29, 0.717) is 4.88 Å². The van der Waals surface area contributed by atoms with Gasteiger partial charge >= 0.3 is 5.97 Å². The van der Waals surface area contributed by atoms with Crippen molar-refractivity contribution < 1.29 is 18.7 Å². The number of ether oxygens (including phenoxy) is 1. The Hall–Kier alpha value is -2.21. The van der Waals surface area contributed by atoms with Gasteiger partial charge in [0.25, 0.3) is 5.91 Å². The van der Waals surface area contributed by atoms with E-state index in [1.54, 1.807) is 18.2 Å². The largest absolute Gasteiger partial charge is 0.451 e. The van der Waals surface area contributed by atoms with Crippen LogP contribution in [-0.4, -0.2) is 18.5 Å². The summed E-state index contributed by atoms with van der Waals surface area (Å²) in [5, 5.41) is 2.62. The van der Waals surface area contributed by atoms with E-state index in [-0.39, 0.29) is 19.0 Å². The SMILES string of the molecule is CCc1sc(C(=O)OCC(=O)NCc2ccc(F)cc2)cc1C. The number of benzene rings is 1. The number of rotatable bonds is 6. The lowest BCUT2D eigenvalue weighted by molar-refractivity contribution is -0.124. The Kier molecular flexibility index (Phi) is 5.87. The first-order chi connectivity index (χ1) is 11.0. The summed E-state index contributed by atoms with van der Waals surface area (Å²) in [5.41, 5.74) is 1.83. The lowest BCUT2D eigenvalue weighted by atomic mass is 10.2. The minimum absolute atomic E-state index is 0.259. The van der Waals surface area contributed by atoms with Crippen molar-refractivity contribution in [3.63, 3.8) is 0 Å². The van der Waals surface area contributed by atoms with Crippen molar-refractivity contribution in [3.05, 3.63) is 57.0 Å². The fourth-order valence-corrected chi connectivity index (χ4v) is 3.04. The van der Waals surface area contributed by atoms with Crippen LogP contribution in [0.1, 0.15) is 32.6 Å². The Morgan fingerprint density at radius 2 is 1.96 bits per heavy atom. The molecule has 0 spiro atoms. The molecule has 0 saturated carbocycles. The van der Waals surface area contributed by atoms with Gasteiger partial charge in [-0.15, -0.1) is 11.3 Å². The lowest BCUT2D eigenvalue weighted by Crippen LogP contribution is -2.28. The molecule has 2 rings (SSSR count). The van der Waals surface area contributed by atoms with Crippen molar-refractivity contribution in [1.82, 2.24) is 5.32 Å². The number of hydrogen-bond donors (Lipinski definition) is 1. The van der Waals surface area contributed by atoms with Crippen LogP contribution >= 0.6 is 11.3 Å². The quantitative estimate of drug-likeness (QED) is 0.825. The van der Waals surface area contributed by atoms with Gasteiger partial charge in [0.15, 0.2) is 6.61 Å². The molecule has 0 fully saturated rings. The Bertz CT molecular complexity index is 694. The third-order valence-electron chi connectivity index (χ3n) is 3.28. The zero-order chi connectivity index (χ0) is 16.8. The number of nitrogens with one attached hydrogen (secondary N) is 1. The molecule has 0 aliphatic carbocycles. The highest BCUT2D eigenvalue weighted by Crippen LogP contribution is 2.22. The van der Waals surface area contributed by atoms with E-state index < -0.39 is 11.9 Å². The summed E-state index contributed by atoms with van der Waals surface area (Å²) in [6.45, 7) is 3.89. The van der Waals surface area contributed by atoms with Gasteiger partial charge in [-0.3, -0.25) is 4.79 Å². The topological polar surface area (TPSA) is 55.4 Å². The third-order valence-corrected chi connectivity index (χ3v) is 4.64. The highest BCUT2D eigenvalue weighted by molar-refractivity contribution is 7.14. The fraction of sp³-hybridized carbons (Fsp3) is 0.294. The van der Waals surface area contributed by atoms with Crippen LogP contribution in [0.15, 0.2) is 30.3 Å². The van der Waals surface area contributed by atoms with Crippen LogP contribution in [-0.2, 0) is 22.5 Å². The van der Waals surface area contributed by atoms with Crippen molar-refractivity contribution in [2.45, 2.75) is 26.8 Å². The first kappa shape index (κ1) is 17.1. The van der Waals surface area contributed by atoms with E-state index in [4.69, 9.17) is 4.74 Å². The molecule has 1 aromatic carbocycles. The summed E-state index contributed by atoms with van der Waals surface area (Å²) in [7, 11) is 0. The van der Waals surface area contributed by atoms with Gasteiger partial charge in [-0.05, 0) is 42.7 Å². The van der Waals surface area contributed by atoms with Gasteiger partial charge in [0.2, 0.25) is 0 Å². The molecule has 0 saturated heterocycles. The number of aryl methyl sites for hydroxylation is 2. The molecular formula is C17H18FNO3S. The van der Waals surface area contributed by atoms with Crippen LogP contribution < -0.4 is 5.32 Å². The molecule has 1 heterocycles. The van der Waals surface area contributed by atoms with E-state index in [9.17, 15) is 14.0 Å². The number of hydrogen-bond acceptors (Lipinski definition) is 4. The molecule has 1 aromatic heterocycles. The predicted molar refractivity (Wildman–Crippen MR) is 87.0 cm³/mol. The van der Waals surface area contributed by atoms with Gasteiger partial charge in [0.1, 0.15) is 10.7 Å². The molecule has 0 unspecified atom stereocenters. The maximum absolute atomic E-state index is 12.8. The zero-order valence-electron chi connectivity index (χ0n) is 13.0. The summed E-state index contributed by atoms with van der Waals surface area (Å²) in [4.78, 5) is 25.2. The number of thiophene rings is 1. The molecule has 0 bridgehead atoms. The molecule has 0 atom stereocenters. The monoisotopic (exact) mass is 335 g/mol. The second-order valence-corrected chi connectivity index (χ2v) is 6.19. The molecule has 0 aliphatic rings. The number of amides is 1. The maximum atomic E-state index is 12.8. The fourth-order valence-electron chi connectivity index (χ4n) is 2.03. The van der Waals surface area contributed by atoms with E-state index >= 15 is 0 Å². The lowest BCUT2D eigenvalue weighted by Gasteiger charge is -2.06. The third kappa shape index (κ3) is 4.89. The van der Waals surface area contributed by atoms with Crippen LogP contribution in [0.5, 0.6) is 0 Å². The van der Waals surface area contributed by atoms with Gasteiger partial charge in [-0.2, -0.15) is 0 Å². The molecule has 23 heavy (non-hydrogen) atoms. The van der Waals surface area contributed by atoms with Gasteiger partial charge in [-0.1, -0.05) is 19.1 Å².